The highest BCUT2D eigenvalue weighted by molar-refractivity contribution is 9.10. The van der Waals surface area contributed by atoms with Gasteiger partial charge in [-0.1, -0.05) is 0 Å². The highest BCUT2D eigenvalue weighted by Gasteiger charge is 2.12. The van der Waals surface area contributed by atoms with E-state index in [1.807, 2.05) is 0 Å². The van der Waals surface area contributed by atoms with Gasteiger partial charge >= 0.3 is 0 Å². The molecule has 0 unspecified atom stereocenters. The van der Waals surface area contributed by atoms with E-state index in [2.05, 4.69) is 21.2 Å². The maximum absolute atomic E-state index is 13.5. The molecule has 2 aromatic carbocycles. The van der Waals surface area contributed by atoms with Crippen molar-refractivity contribution >= 4 is 33.2 Å². The molecule has 2 aromatic rings. The molecule has 6 heteroatoms. The lowest BCUT2D eigenvalue weighted by Crippen LogP contribution is -2.13. The maximum Gasteiger partial charge on any atom is 0.255 e. The summed E-state index contributed by atoms with van der Waals surface area (Å²) in [6, 6.07) is 6.49. The van der Waals surface area contributed by atoms with Crippen LogP contribution in [0, 0.1) is 18.6 Å². The standard InChI is InChI=1S/C14H11BrF2N2O/c1-7-4-9(15)10(16)6-13(7)19-14(20)8-2-3-12(18)11(17)5-8/h2-6H,18H2,1H3,(H,19,20). The van der Waals surface area contributed by atoms with Gasteiger partial charge in [-0.15, -0.1) is 0 Å². The molecule has 0 atom stereocenters. The van der Waals surface area contributed by atoms with E-state index in [1.165, 1.54) is 18.2 Å². The van der Waals surface area contributed by atoms with Gasteiger partial charge in [0.2, 0.25) is 0 Å². The average Bonchev–Trinajstić information content (AvgIpc) is 2.39. The molecule has 20 heavy (non-hydrogen) atoms. The summed E-state index contributed by atoms with van der Waals surface area (Å²) in [6.07, 6.45) is 0. The zero-order valence-corrected chi connectivity index (χ0v) is 12.1. The Morgan fingerprint density at radius 1 is 1.20 bits per heavy atom. The minimum atomic E-state index is -0.670. The highest BCUT2D eigenvalue weighted by Crippen LogP contribution is 2.24. The van der Waals surface area contributed by atoms with Gasteiger partial charge < -0.3 is 11.1 Å². The first kappa shape index (κ1) is 14.5. The molecule has 0 heterocycles. The molecule has 0 fully saturated rings. The van der Waals surface area contributed by atoms with Gasteiger partial charge in [-0.3, -0.25) is 4.79 Å². The fraction of sp³-hybridized carbons (Fsp3) is 0.0714. The Bertz CT molecular complexity index is 689. The molecule has 0 saturated carbocycles. The topological polar surface area (TPSA) is 55.1 Å². The lowest BCUT2D eigenvalue weighted by Gasteiger charge is -2.10. The first-order valence-corrected chi connectivity index (χ1v) is 6.50. The number of carbonyl (C=O) groups is 1. The molecule has 0 bridgehead atoms. The number of hydrogen-bond donors (Lipinski definition) is 2. The van der Waals surface area contributed by atoms with Crippen molar-refractivity contribution in [3.05, 3.63) is 57.6 Å². The first-order chi connectivity index (χ1) is 9.38. The van der Waals surface area contributed by atoms with Crippen molar-refractivity contribution in [2.75, 3.05) is 11.1 Å². The third-order valence-electron chi connectivity index (χ3n) is 2.78. The second-order valence-electron chi connectivity index (χ2n) is 4.27. The second kappa shape index (κ2) is 5.58. The van der Waals surface area contributed by atoms with E-state index in [4.69, 9.17) is 5.73 Å². The Kier molecular flexibility index (Phi) is 4.04. The van der Waals surface area contributed by atoms with E-state index < -0.39 is 17.5 Å². The van der Waals surface area contributed by atoms with Gasteiger partial charge in [0.15, 0.2) is 0 Å². The molecule has 1 amide bonds. The number of aryl methyl sites for hydroxylation is 1. The van der Waals surface area contributed by atoms with E-state index >= 15 is 0 Å². The molecule has 3 N–H and O–H groups in total. The predicted molar refractivity (Wildman–Crippen MR) is 77.6 cm³/mol. The van der Waals surface area contributed by atoms with Crippen molar-refractivity contribution in [2.45, 2.75) is 6.92 Å². The number of benzene rings is 2. The van der Waals surface area contributed by atoms with E-state index in [-0.39, 0.29) is 11.3 Å². The number of halogens is 3. The summed E-state index contributed by atoms with van der Waals surface area (Å²) in [5.41, 5.74) is 6.43. The summed E-state index contributed by atoms with van der Waals surface area (Å²) < 4.78 is 27.1. The maximum atomic E-state index is 13.5. The third kappa shape index (κ3) is 2.96. The van der Waals surface area contributed by atoms with Crippen LogP contribution >= 0.6 is 15.9 Å². The van der Waals surface area contributed by atoms with Crippen LogP contribution in [-0.2, 0) is 0 Å². The number of amides is 1. The monoisotopic (exact) mass is 340 g/mol. The summed E-state index contributed by atoms with van der Waals surface area (Å²) in [5.74, 6) is -1.69. The van der Waals surface area contributed by atoms with Gasteiger partial charge in [-0.05, 0) is 58.7 Å². The minimum absolute atomic E-state index is 0.0348. The van der Waals surface area contributed by atoms with Gasteiger partial charge in [0, 0.05) is 11.3 Å². The Balaban J connectivity index is 2.27. The summed E-state index contributed by atoms with van der Waals surface area (Å²) >= 11 is 3.06. The first-order valence-electron chi connectivity index (χ1n) is 5.70. The molecule has 3 nitrogen and oxygen atoms in total. The van der Waals surface area contributed by atoms with Crippen molar-refractivity contribution in [3.8, 4) is 0 Å². The van der Waals surface area contributed by atoms with Crippen LogP contribution in [0.5, 0.6) is 0 Å². The SMILES string of the molecule is Cc1cc(Br)c(F)cc1NC(=O)c1ccc(N)c(F)c1. The fourth-order valence-electron chi connectivity index (χ4n) is 1.64. The van der Waals surface area contributed by atoms with Crippen LogP contribution in [0.15, 0.2) is 34.8 Å². The van der Waals surface area contributed by atoms with E-state index in [0.29, 0.717) is 15.7 Å². The molecule has 2 rings (SSSR count). The number of hydrogen-bond acceptors (Lipinski definition) is 2. The molecule has 0 radical (unpaired) electrons. The Hall–Kier alpha value is -1.95. The Labute approximate surface area is 122 Å². The van der Waals surface area contributed by atoms with Gasteiger partial charge in [-0.25, -0.2) is 8.78 Å². The van der Waals surface area contributed by atoms with Crippen molar-refractivity contribution in [2.24, 2.45) is 0 Å². The molecule has 0 aromatic heterocycles. The minimum Gasteiger partial charge on any atom is -0.396 e. The van der Waals surface area contributed by atoms with Crippen LogP contribution in [0.1, 0.15) is 15.9 Å². The van der Waals surface area contributed by atoms with Crippen molar-refractivity contribution in [1.29, 1.82) is 0 Å². The lowest BCUT2D eigenvalue weighted by molar-refractivity contribution is 0.102. The van der Waals surface area contributed by atoms with Gasteiger partial charge in [0.25, 0.3) is 5.91 Å². The molecule has 0 spiro atoms. The predicted octanol–water partition coefficient (Wildman–Crippen LogP) is 3.87. The Morgan fingerprint density at radius 3 is 2.55 bits per heavy atom. The second-order valence-corrected chi connectivity index (χ2v) is 5.13. The summed E-state index contributed by atoms with van der Waals surface area (Å²) in [7, 11) is 0. The number of anilines is 2. The zero-order chi connectivity index (χ0) is 14.9. The lowest BCUT2D eigenvalue weighted by atomic mass is 10.1. The van der Waals surface area contributed by atoms with E-state index in [1.54, 1.807) is 13.0 Å². The van der Waals surface area contributed by atoms with Crippen LogP contribution in [0.3, 0.4) is 0 Å². The van der Waals surface area contributed by atoms with Gasteiger partial charge in [-0.2, -0.15) is 0 Å². The quantitative estimate of drug-likeness (QED) is 0.815. The molecule has 0 aliphatic carbocycles. The molecular weight excluding hydrogens is 330 g/mol. The van der Waals surface area contributed by atoms with Crippen molar-refractivity contribution < 1.29 is 13.6 Å². The number of nitrogens with one attached hydrogen (secondary N) is 1. The largest absolute Gasteiger partial charge is 0.396 e. The fourth-order valence-corrected chi connectivity index (χ4v) is 2.10. The zero-order valence-electron chi connectivity index (χ0n) is 10.5. The number of carbonyl (C=O) groups excluding carboxylic acids is 1. The summed E-state index contributed by atoms with van der Waals surface area (Å²) in [5, 5.41) is 2.53. The van der Waals surface area contributed by atoms with Gasteiger partial charge in [0.05, 0.1) is 10.2 Å². The average molecular weight is 341 g/mol. The van der Waals surface area contributed by atoms with Crippen LogP contribution in [0.4, 0.5) is 20.2 Å². The molecule has 0 aliphatic heterocycles. The Morgan fingerprint density at radius 2 is 1.90 bits per heavy atom. The smallest absolute Gasteiger partial charge is 0.255 e. The number of nitrogens with two attached hydrogens (primary N) is 1. The van der Waals surface area contributed by atoms with E-state index in [0.717, 1.165) is 6.07 Å². The van der Waals surface area contributed by atoms with Crippen LogP contribution in [0.25, 0.3) is 0 Å². The van der Waals surface area contributed by atoms with Gasteiger partial charge in [0.1, 0.15) is 11.6 Å². The number of rotatable bonds is 2. The molecule has 0 saturated heterocycles. The van der Waals surface area contributed by atoms with Crippen molar-refractivity contribution in [1.82, 2.24) is 0 Å². The summed E-state index contributed by atoms with van der Waals surface area (Å²) in [4.78, 5) is 12.0. The highest BCUT2D eigenvalue weighted by atomic mass is 79.9. The number of nitrogen functional groups attached to an aromatic ring is 1. The van der Waals surface area contributed by atoms with E-state index in [9.17, 15) is 13.6 Å². The normalized spacial score (nSPS) is 10.4. The molecular formula is C14H11BrF2N2O. The molecule has 0 aliphatic rings. The summed E-state index contributed by atoms with van der Waals surface area (Å²) in [6.45, 7) is 1.73. The van der Waals surface area contributed by atoms with Crippen LogP contribution in [-0.4, -0.2) is 5.91 Å². The van der Waals surface area contributed by atoms with Crippen LogP contribution < -0.4 is 11.1 Å². The van der Waals surface area contributed by atoms with Crippen LogP contribution in [0.2, 0.25) is 0 Å². The van der Waals surface area contributed by atoms with Crippen molar-refractivity contribution in [3.63, 3.8) is 0 Å². The third-order valence-corrected chi connectivity index (χ3v) is 3.39. The molecule has 104 valence electrons.